The second-order valence-electron chi connectivity index (χ2n) is 4.16. The summed E-state index contributed by atoms with van der Waals surface area (Å²) in [7, 11) is 0. The van der Waals surface area contributed by atoms with Crippen molar-refractivity contribution in [1.29, 1.82) is 0 Å². The minimum Gasteiger partial charge on any atom is -0.481 e. The quantitative estimate of drug-likeness (QED) is 0.655. The lowest BCUT2D eigenvalue weighted by Gasteiger charge is -2.22. The first-order chi connectivity index (χ1) is 8.58. The Morgan fingerprint density at radius 3 is 2.44 bits per heavy atom. The maximum absolute atomic E-state index is 11.4. The van der Waals surface area contributed by atoms with Gasteiger partial charge in [-0.2, -0.15) is 0 Å². The zero-order chi connectivity index (χ0) is 13.4. The summed E-state index contributed by atoms with van der Waals surface area (Å²) in [6.07, 6.45) is 1.66. The predicted octanol–water partition coefficient (Wildman–Crippen LogP) is 0.246. The third-order valence-electron chi connectivity index (χ3n) is 2.60. The Kier molecular flexibility index (Phi) is 6.13. The number of carboxylic acids is 1. The van der Waals surface area contributed by atoms with Crippen LogP contribution < -0.4 is 10.6 Å². The normalized spacial score (nSPS) is 16.0. The Labute approximate surface area is 105 Å². The number of carbonyl (C=O) groups is 3. The van der Waals surface area contributed by atoms with Crippen LogP contribution in [0.2, 0.25) is 0 Å². The third-order valence-corrected chi connectivity index (χ3v) is 2.60. The van der Waals surface area contributed by atoms with Crippen LogP contribution in [0, 0.1) is 0 Å². The van der Waals surface area contributed by atoms with E-state index in [4.69, 9.17) is 9.84 Å². The van der Waals surface area contributed by atoms with E-state index in [1.807, 2.05) is 0 Å². The maximum atomic E-state index is 11.4. The number of nitrogens with one attached hydrogen (secondary N) is 2. The van der Waals surface area contributed by atoms with Gasteiger partial charge in [-0.25, -0.2) is 4.79 Å². The van der Waals surface area contributed by atoms with Gasteiger partial charge >= 0.3 is 12.0 Å². The van der Waals surface area contributed by atoms with Gasteiger partial charge in [-0.3, -0.25) is 14.9 Å². The van der Waals surface area contributed by atoms with Gasteiger partial charge in [0.15, 0.2) is 0 Å². The van der Waals surface area contributed by atoms with E-state index in [0.29, 0.717) is 13.2 Å². The molecule has 0 radical (unpaired) electrons. The maximum Gasteiger partial charge on any atom is 0.321 e. The Morgan fingerprint density at radius 1 is 1.17 bits per heavy atom. The number of hydrogen-bond acceptors (Lipinski definition) is 4. The van der Waals surface area contributed by atoms with Crippen LogP contribution in [0.4, 0.5) is 4.79 Å². The van der Waals surface area contributed by atoms with E-state index >= 15 is 0 Å². The fourth-order valence-corrected chi connectivity index (χ4v) is 1.65. The summed E-state index contributed by atoms with van der Waals surface area (Å²) in [6.45, 7) is 1.22. The molecule has 0 unspecified atom stereocenters. The monoisotopic (exact) mass is 258 g/mol. The smallest absolute Gasteiger partial charge is 0.321 e. The molecule has 1 rings (SSSR count). The first kappa shape index (κ1) is 14.4. The van der Waals surface area contributed by atoms with E-state index in [2.05, 4.69) is 10.6 Å². The summed E-state index contributed by atoms with van der Waals surface area (Å²) in [6, 6.07) is -0.493. The number of imide groups is 1. The Balaban J connectivity index is 2.14. The van der Waals surface area contributed by atoms with Gasteiger partial charge in [-0.05, 0) is 19.3 Å². The van der Waals surface area contributed by atoms with E-state index in [9.17, 15) is 14.4 Å². The van der Waals surface area contributed by atoms with Gasteiger partial charge in [0.2, 0.25) is 5.91 Å². The number of carboxylic acid groups (broad SMARTS) is 1. The van der Waals surface area contributed by atoms with Crippen molar-refractivity contribution < 1.29 is 24.2 Å². The lowest BCUT2D eigenvalue weighted by molar-refractivity contribution is -0.137. The first-order valence-electron chi connectivity index (χ1n) is 5.98. The largest absolute Gasteiger partial charge is 0.481 e. The summed E-state index contributed by atoms with van der Waals surface area (Å²) >= 11 is 0. The molecule has 18 heavy (non-hydrogen) atoms. The second kappa shape index (κ2) is 7.65. The SMILES string of the molecule is O=C(O)CCCC(=O)NC(=O)NC1CCOCC1. The Bertz CT molecular complexity index is 313. The van der Waals surface area contributed by atoms with Gasteiger partial charge in [-0.1, -0.05) is 0 Å². The molecule has 0 aromatic rings. The highest BCUT2D eigenvalue weighted by Crippen LogP contribution is 2.05. The molecule has 1 heterocycles. The Morgan fingerprint density at radius 2 is 1.83 bits per heavy atom. The topological polar surface area (TPSA) is 105 Å². The zero-order valence-electron chi connectivity index (χ0n) is 10.1. The van der Waals surface area contributed by atoms with Crippen LogP contribution in [-0.2, 0) is 14.3 Å². The lowest BCUT2D eigenvalue weighted by atomic mass is 10.1. The van der Waals surface area contributed by atoms with E-state index in [0.717, 1.165) is 12.8 Å². The van der Waals surface area contributed by atoms with Gasteiger partial charge in [0.1, 0.15) is 0 Å². The van der Waals surface area contributed by atoms with Gasteiger partial charge in [0.05, 0.1) is 0 Å². The highest BCUT2D eigenvalue weighted by atomic mass is 16.5. The summed E-state index contributed by atoms with van der Waals surface area (Å²) in [5.41, 5.74) is 0. The van der Waals surface area contributed by atoms with Crippen LogP contribution in [0.1, 0.15) is 32.1 Å². The van der Waals surface area contributed by atoms with Crippen LogP contribution in [0.25, 0.3) is 0 Å². The summed E-state index contributed by atoms with van der Waals surface area (Å²) in [5.74, 6) is -1.41. The Hall–Kier alpha value is -1.63. The molecule has 7 heteroatoms. The molecule has 1 aliphatic heterocycles. The minimum absolute atomic E-state index is 0.0329. The molecule has 0 spiro atoms. The van der Waals surface area contributed by atoms with E-state index in [1.54, 1.807) is 0 Å². The van der Waals surface area contributed by atoms with Crippen molar-refractivity contribution in [2.75, 3.05) is 13.2 Å². The molecule has 1 aliphatic rings. The zero-order valence-corrected chi connectivity index (χ0v) is 10.1. The van der Waals surface area contributed by atoms with Crippen LogP contribution in [0.15, 0.2) is 0 Å². The fourth-order valence-electron chi connectivity index (χ4n) is 1.65. The van der Waals surface area contributed by atoms with Gasteiger partial charge in [-0.15, -0.1) is 0 Å². The summed E-state index contributed by atoms with van der Waals surface area (Å²) in [4.78, 5) is 32.9. The van der Waals surface area contributed by atoms with Crippen molar-refractivity contribution in [2.45, 2.75) is 38.1 Å². The lowest BCUT2D eigenvalue weighted by Crippen LogP contribution is -2.46. The number of amides is 3. The molecule has 1 saturated heterocycles. The number of carbonyl (C=O) groups excluding carboxylic acids is 2. The molecule has 0 aliphatic carbocycles. The van der Waals surface area contributed by atoms with Crippen molar-refractivity contribution in [3.63, 3.8) is 0 Å². The number of aliphatic carboxylic acids is 1. The molecule has 7 nitrogen and oxygen atoms in total. The number of urea groups is 1. The molecule has 0 saturated carbocycles. The molecule has 1 fully saturated rings. The summed E-state index contributed by atoms with van der Waals surface area (Å²) < 4.78 is 5.14. The van der Waals surface area contributed by atoms with Crippen LogP contribution in [0.3, 0.4) is 0 Å². The van der Waals surface area contributed by atoms with Crippen molar-refractivity contribution in [3.8, 4) is 0 Å². The molecule has 0 aromatic carbocycles. The highest BCUT2D eigenvalue weighted by Gasteiger charge is 2.17. The molecule has 102 valence electrons. The van der Waals surface area contributed by atoms with Crippen LogP contribution in [0.5, 0.6) is 0 Å². The molecule has 0 atom stereocenters. The predicted molar refractivity (Wildman–Crippen MR) is 62.0 cm³/mol. The number of ether oxygens (including phenoxy) is 1. The first-order valence-corrected chi connectivity index (χ1v) is 5.98. The van der Waals surface area contributed by atoms with Crippen LogP contribution in [-0.4, -0.2) is 42.3 Å². The molecule has 0 aromatic heterocycles. The average molecular weight is 258 g/mol. The van der Waals surface area contributed by atoms with E-state index in [-0.39, 0.29) is 25.3 Å². The second-order valence-corrected chi connectivity index (χ2v) is 4.16. The van der Waals surface area contributed by atoms with E-state index < -0.39 is 17.9 Å². The van der Waals surface area contributed by atoms with Crippen molar-refractivity contribution in [3.05, 3.63) is 0 Å². The number of hydrogen-bond donors (Lipinski definition) is 3. The summed E-state index contributed by atoms with van der Waals surface area (Å²) in [5, 5.41) is 13.3. The van der Waals surface area contributed by atoms with Gasteiger partial charge < -0.3 is 15.2 Å². The molecular formula is C11H18N2O5. The standard InChI is InChI=1S/C11H18N2O5/c14-9(2-1-3-10(15)16)13-11(17)12-8-4-6-18-7-5-8/h8H,1-7H2,(H,15,16)(H2,12,13,14,17). The minimum atomic E-state index is -0.950. The molecule has 0 bridgehead atoms. The molecule has 3 N–H and O–H groups in total. The van der Waals surface area contributed by atoms with Crippen LogP contribution >= 0.6 is 0 Å². The van der Waals surface area contributed by atoms with Gasteiger partial charge in [0.25, 0.3) is 0 Å². The van der Waals surface area contributed by atoms with Crippen molar-refractivity contribution in [1.82, 2.24) is 10.6 Å². The molecule has 3 amide bonds. The average Bonchev–Trinajstić information content (AvgIpc) is 2.29. The van der Waals surface area contributed by atoms with Crippen molar-refractivity contribution >= 4 is 17.9 Å². The van der Waals surface area contributed by atoms with Crippen molar-refractivity contribution in [2.24, 2.45) is 0 Å². The highest BCUT2D eigenvalue weighted by molar-refractivity contribution is 5.94. The fraction of sp³-hybridized carbons (Fsp3) is 0.727. The molecular weight excluding hydrogens is 240 g/mol. The third kappa shape index (κ3) is 6.19. The van der Waals surface area contributed by atoms with E-state index in [1.165, 1.54) is 0 Å². The van der Waals surface area contributed by atoms with Gasteiger partial charge in [0, 0.05) is 32.1 Å². The number of rotatable bonds is 5.